The van der Waals surface area contributed by atoms with Gasteiger partial charge in [-0.1, -0.05) is 20.3 Å². The molecule has 4 aliphatic rings. The van der Waals surface area contributed by atoms with E-state index < -0.39 is 41.7 Å². The molecule has 4 aliphatic heterocycles. The summed E-state index contributed by atoms with van der Waals surface area (Å²) in [5.74, 6) is -1.95. The van der Waals surface area contributed by atoms with E-state index in [0.29, 0.717) is 24.8 Å². The van der Waals surface area contributed by atoms with Crippen molar-refractivity contribution >= 4 is 17.5 Å². The van der Waals surface area contributed by atoms with E-state index in [4.69, 9.17) is 9.47 Å². The lowest BCUT2D eigenvalue weighted by Crippen LogP contribution is -2.47. The summed E-state index contributed by atoms with van der Waals surface area (Å²) in [6, 6.07) is 0. The first-order chi connectivity index (χ1) is 13.1. The van der Waals surface area contributed by atoms with Crippen LogP contribution >= 0.6 is 0 Å². The Morgan fingerprint density at radius 2 is 2.00 bits per heavy atom. The Hall–Kier alpha value is -1.53. The molecule has 1 N–H and O–H groups in total. The van der Waals surface area contributed by atoms with Gasteiger partial charge >= 0.3 is 5.97 Å². The van der Waals surface area contributed by atoms with E-state index in [1.54, 1.807) is 13.0 Å². The molecule has 7 atom stereocenters. The molecule has 0 aromatic heterocycles. The number of ketones is 2. The molecule has 7 unspecified atom stereocenters. The van der Waals surface area contributed by atoms with Gasteiger partial charge in [0.25, 0.3) is 0 Å². The molecule has 2 saturated heterocycles. The van der Waals surface area contributed by atoms with Crippen LogP contribution in [0.15, 0.2) is 11.6 Å². The first-order valence-corrected chi connectivity index (χ1v) is 10.5. The van der Waals surface area contributed by atoms with Crippen molar-refractivity contribution in [2.45, 2.75) is 90.1 Å². The van der Waals surface area contributed by atoms with Gasteiger partial charge in [0.15, 0.2) is 11.6 Å². The highest BCUT2D eigenvalue weighted by Gasteiger charge is 2.48. The highest BCUT2D eigenvalue weighted by Crippen LogP contribution is 2.42. The zero-order valence-electron chi connectivity index (χ0n) is 17.3. The maximum atomic E-state index is 13.1. The van der Waals surface area contributed by atoms with Crippen LogP contribution < -0.4 is 0 Å². The van der Waals surface area contributed by atoms with E-state index in [2.05, 4.69) is 0 Å². The minimum atomic E-state index is -0.864. The Morgan fingerprint density at radius 1 is 1.29 bits per heavy atom. The van der Waals surface area contributed by atoms with E-state index in [0.717, 1.165) is 12.8 Å². The fraction of sp³-hybridized carbons (Fsp3) is 0.773. The zero-order chi connectivity index (χ0) is 20.6. The van der Waals surface area contributed by atoms with Crippen LogP contribution in [0.5, 0.6) is 0 Å². The van der Waals surface area contributed by atoms with Crippen LogP contribution in [0.3, 0.4) is 0 Å². The number of aliphatic hydroxyl groups is 1. The molecule has 4 bridgehead atoms. The topological polar surface area (TPSA) is 89.9 Å². The number of ether oxygens (including phenoxy) is 2. The number of Topliss-reactive ketones (excluding diaryl/α,β-unsaturated/α-hetero) is 2. The zero-order valence-corrected chi connectivity index (χ0v) is 17.3. The maximum absolute atomic E-state index is 13.1. The average molecular weight is 392 g/mol. The second-order valence-corrected chi connectivity index (χ2v) is 9.05. The molecule has 0 aromatic carbocycles. The van der Waals surface area contributed by atoms with Gasteiger partial charge in [0.2, 0.25) is 0 Å². The molecule has 0 radical (unpaired) electrons. The number of fused-ring (bicyclic) bond motifs is 6. The molecule has 6 nitrogen and oxygen atoms in total. The minimum absolute atomic E-state index is 0.0251. The van der Waals surface area contributed by atoms with E-state index in [1.807, 2.05) is 20.8 Å². The maximum Gasteiger partial charge on any atom is 0.316 e. The molecule has 0 aliphatic carbocycles. The molecule has 0 amide bonds. The molecule has 0 spiro atoms. The lowest BCUT2D eigenvalue weighted by Gasteiger charge is -2.35. The fourth-order valence-corrected chi connectivity index (χ4v) is 5.05. The van der Waals surface area contributed by atoms with E-state index >= 15 is 0 Å². The van der Waals surface area contributed by atoms with Gasteiger partial charge in [-0.25, -0.2) is 0 Å². The van der Waals surface area contributed by atoms with Crippen molar-refractivity contribution in [1.82, 2.24) is 0 Å². The van der Waals surface area contributed by atoms with Crippen molar-refractivity contribution in [3.63, 3.8) is 0 Å². The molecule has 28 heavy (non-hydrogen) atoms. The quantitative estimate of drug-likeness (QED) is 0.574. The Kier molecular flexibility index (Phi) is 6.11. The Labute approximate surface area is 166 Å². The molecule has 0 saturated carbocycles. The average Bonchev–Trinajstić information content (AvgIpc) is 2.92. The van der Waals surface area contributed by atoms with Crippen LogP contribution in [0.4, 0.5) is 0 Å². The Bertz CT molecular complexity index is 683. The lowest BCUT2D eigenvalue weighted by atomic mass is 9.78. The third kappa shape index (κ3) is 4.08. The van der Waals surface area contributed by atoms with Crippen LogP contribution in [0.1, 0.15) is 66.2 Å². The highest BCUT2D eigenvalue weighted by atomic mass is 16.5. The first-order valence-electron chi connectivity index (χ1n) is 10.5. The molecule has 4 heterocycles. The Morgan fingerprint density at radius 3 is 2.68 bits per heavy atom. The summed E-state index contributed by atoms with van der Waals surface area (Å²) in [4.78, 5) is 38.4. The number of allylic oxidation sites excluding steroid dienone is 1. The van der Waals surface area contributed by atoms with Gasteiger partial charge in [0, 0.05) is 6.42 Å². The van der Waals surface area contributed by atoms with Crippen molar-refractivity contribution in [1.29, 1.82) is 0 Å². The van der Waals surface area contributed by atoms with Crippen LogP contribution in [0.2, 0.25) is 0 Å². The Balaban J connectivity index is 1.97. The van der Waals surface area contributed by atoms with Crippen molar-refractivity contribution < 1.29 is 29.0 Å². The molecule has 4 rings (SSSR count). The number of carbonyl (C=O) groups excluding carboxylic acids is 3. The number of carbonyl (C=O) groups is 3. The van der Waals surface area contributed by atoms with Gasteiger partial charge in [-0.15, -0.1) is 0 Å². The molecular formula is C22H32O6. The third-order valence-electron chi connectivity index (χ3n) is 6.59. The van der Waals surface area contributed by atoms with Crippen LogP contribution in [-0.2, 0) is 23.9 Å². The summed E-state index contributed by atoms with van der Waals surface area (Å²) >= 11 is 0. The summed E-state index contributed by atoms with van der Waals surface area (Å²) in [6.07, 6.45) is 2.57. The molecule has 0 aromatic rings. The number of esters is 1. The van der Waals surface area contributed by atoms with Crippen molar-refractivity contribution in [2.75, 3.05) is 0 Å². The highest BCUT2D eigenvalue weighted by molar-refractivity contribution is 6.03. The smallest absolute Gasteiger partial charge is 0.316 e. The van der Waals surface area contributed by atoms with Gasteiger partial charge in [-0.2, -0.15) is 0 Å². The number of aliphatic hydroxyl groups excluding tert-OH is 1. The van der Waals surface area contributed by atoms with Gasteiger partial charge < -0.3 is 14.6 Å². The molecule has 6 heteroatoms. The van der Waals surface area contributed by atoms with Crippen LogP contribution in [-0.4, -0.2) is 46.6 Å². The third-order valence-corrected chi connectivity index (χ3v) is 6.59. The summed E-state index contributed by atoms with van der Waals surface area (Å²) < 4.78 is 11.8. The van der Waals surface area contributed by atoms with E-state index in [9.17, 15) is 19.5 Å². The number of rotatable bonds is 2. The minimum Gasteiger partial charge on any atom is -0.461 e. The van der Waals surface area contributed by atoms with E-state index in [1.165, 1.54) is 0 Å². The number of hydrogen-bond donors (Lipinski definition) is 1. The van der Waals surface area contributed by atoms with Crippen LogP contribution in [0.25, 0.3) is 0 Å². The second-order valence-electron chi connectivity index (χ2n) is 9.05. The van der Waals surface area contributed by atoms with Gasteiger partial charge in [0.05, 0.1) is 23.7 Å². The predicted octanol–water partition coefficient (Wildman–Crippen LogP) is 2.76. The van der Waals surface area contributed by atoms with Crippen LogP contribution in [0, 0.1) is 17.8 Å². The number of hydrogen-bond acceptors (Lipinski definition) is 6. The SMILES string of the molecule is CCCC1C(=O)C2CCC3(C)CC(C)C(O3)C(O)/C=C(\C)C(=O)CC1OC2=O. The second kappa shape index (κ2) is 8.07. The largest absolute Gasteiger partial charge is 0.461 e. The monoisotopic (exact) mass is 392 g/mol. The summed E-state index contributed by atoms with van der Waals surface area (Å²) in [5, 5.41) is 10.6. The van der Waals surface area contributed by atoms with Crippen molar-refractivity contribution in [2.24, 2.45) is 17.8 Å². The first kappa shape index (κ1) is 21.2. The fourth-order valence-electron chi connectivity index (χ4n) is 5.05. The normalized spacial score (nSPS) is 44.0. The van der Waals surface area contributed by atoms with Gasteiger partial charge in [-0.3, -0.25) is 14.4 Å². The molecule has 2 fully saturated rings. The van der Waals surface area contributed by atoms with Crippen molar-refractivity contribution in [3.05, 3.63) is 11.6 Å². The van der Waals surface area contributed by atoms with Gasteiger partial charge in [0.1, 0.15) is 12.0 Å². The summed E-state index contributed by atoms with van der Waals surface area (Å²) in [7, 11) is 0. The lowest BCUT2D eigenvalue weighted by molar-refractivity contribution is -0.172. The van der Waals surface area contributed by atoms with Crippen molar-refractivity contribution in [3.8, 4) is 0 Å². The standard InChI is InChI=1S/C22H32O6/c1-5-6-14-18-10-16(23)12(2)9-17(24)20-13(3)11-22(4,28-20)8-7-15(19(14)25)21(26)27-18/h9,13-15,17-18,20,24H,5-8,10-11H2,1-4H3/b12-9+. The summed E-state index contributed by atoms with van der Waals surface area (Å²) in [5.41, 5.74) is -0.103. The molecular weight excluding hydrogens is 360 g/mol. The molecule has 156 valence electrons. The van der Waals surface area contributed by atoms with Gasteiger partial charge in [-0.05, 0) is 57.1 Å². The predicted molar refractivity (Wildman–Crippen MR) is 102 cm³/mol. The van der Waals surface area contributed by atoms with E-state index in [-0.39, 0.29) is 23.9 Å². The summed E-state index contributed by atoms with van der Waals surface area (Å²) in [6.45, 7) is 7.62.